The molecule has 0 radical (unpaired) electrons. The van der Waals surface area contributed by atoms with Crippen LogP contribution in [-0.2, 0) is 4.79 Å². The number of halogens is 1. The van der Waals surface area contributed by atoms with Gasteiger partial charge >= 0.3 is 0 Å². The summed E-state index contributed by atoms with van der Waals surface area (Å²) in [7, 11) is 1.47. The SMILES string of the molecule is CN(NC=O)C(=N)N.Cl. The fraction of sp³-hybridized carbons (Fsp3) is 0.333. The number of hydrazine groups is 1. The number of carbonyl (C=O) groups excluding carboxylic acids is 1. The number of hydrogen-bond donors (Lipinski definition) is 3. The summed E-state index contributed by atoms with van der Waals surface area (Å²) in [5.41, 5.74) is 7.06. The molecule has 54 valence electrons. The molecule has 0 fully saturated rings. The Labute approximate surface area is 59.1 Å². The Balaban J connectivity index is 0. The van der Waals surface area contributed by atoms with Crippen LogP contribution in [0.25, 0.3) is 0 Å². The minimum atomic E-state index is -0.197. The van der Waals surface area contributed by atoms with Crippen LogP contribution in [0.15, 0.2) is 0 Å². The minimum absolute atomic E-state index is 0. The topological polar surface area (TPSA) is 82.2 Å². The molecule has 0 saturated heterocycles. The van der Waals surface area contributed by atoms with Crippen LogP contribution in [-0.4, -0.2) is 24.4 Å². The molecule has 0 saturated carbocycles. The van der Waals surface area contributed by atoms with Gasteiger partial charge in [-0.2, -0.15) is 0 Å². The van der Waals surface area contributed by atoms with Crippen molar-refractivity contribution in [3.05, 3.63) is 0 Å². The first-order chi connectivity index (χ1) is 3.68. The maximum Gasteiger partial charge on any atom is 0.225 e. The van der Waals surface area contributed by atoms with Gasteiger partial charge in [0.15, 0.2) is 0 Å². The van der Waals surface area contributed by atoms with E-state index in [-0.39, 0.29) is 18.4 Å². The van der Waals surface area contributed by atoms with Gasteiger partial charge in [-0.3, -0.25) is 20.6 Å². The van der Waals surface area contributed by atoms with E-state index in [9.17, 15) is 4.79 Å². The van der Waals surface area contributed by atoms with Crippen molar-refractivity contribution in [1.82, 2.24) is 10.4 Å². The lowest BCUT2D eigenvalue weighted by molar-refractivity contribution is -0.112. The number of nitrogens with one attached hydrogen (secondary N) is 2. The second-order valence-electron chi connectivity index (χ2n) is 1.19. The molecule has 0 aliphatic heterocycles. The summed E-state index contributed by atoms with van der Waals surface area (Å²) < 4.78 is 0. The Hall–Kier alpha value is -0.970. The van der Waals surface area contributed by atoms with Crippen molar-refractivity contribution >= 4 is 24.8 Å². The average molecular weight is 153 g/mol. The number of hydrogen-bond acceptors (Lipinski definition) is 2. The number of nitrogens with two attached hydrogens (primary N) is 1. The standard InChI is InChI=1S/C3H8N4O.ClH/c1-7(3(4)5)6-2-8;/h2H,1H3,(H3,4,5)(H,6,8);1H. The first kappa shape index (κ1) is 10.9. The van der Waals surface area contributed by atoms with Crippen LogP contribution in [0, 0.1) is 5.41 Å². The van der Waals surface area contributed by atoms with Gasteiger partial charge in [-0.05, 0) is 0 Å². The van der Waals surface area contributed by atoms with Crippen LogP contribution in [0.5, 0.6) is 0 Å². The Morgan fingerprint density at radius 2 is 2.33 bits per heavy atom. The lowest BCUT2D eigenvalue weighted by Crippen LogP contribution is -2.42. The average Bonchev–Trinajstić information content (AvgIpc) is 1.67. The van der Waals surface area contributed by atoms with Crippen molar-refractivity contribution in [1.29, 1.82) is 5.41 Å². The molecule has 0 aliphatic carbocycles. The van der Waals surface area contributed by atoms with E-state index in [2.05, 4.69) is 5.43 Å². The van der Waals surface area contributed by atoms with Crippen molar-refractivity contribution < 1.29 is 4.79 Å². The highest BCUT2D eigenvalue weighted by molar-refractivity contribution is 5.85. The summed E-state index contributed by atoms with van der Waals surface area (Å²) in [6, 6.07) is 0. The van der Waals surface area contributed by atoms with Crippen LogP contribution in [0.1, 0.15) is 0 Å². The van der Waals surface area contributed by atoms with Gasteiger partial charge in [0.2, 0.25) is 12.4 Å². The minimum Gasteiger partial charge on any atom is -0.369 e. The van der Waals surface area contributed by atoms with Crippen LogP contribution in [0.3, 0.4) is 0 Å². The zero-order valence-corrected chi connectivity index (χ0v) is 5.73. The molecule has 4 N–H and O–H groups in total. The highest BCUT2D eigenvalue weighted by Gasteiger charge is 1.91. The largest absolute Gasteiger partial charge is 0.369 e. The van der Waals surface area contributed by atoms with Crippen molar-refractivity contribution in [2.45, 2.75) is 0 Å². The number of amides is 1. The monoisotopic (exact) mass is 152 g/mol. The van der Waals surface area contributed by atoms with Gasteiger partial charge in [0.05, 0.1) is 0 Å². The van der Waals surface area contributed by atoms with E-state index < -0.39 is 0 Å². The predicted molar refractivity (Wildman–Crippen MR) is 36.1 cm³/mol. The van der Waals surface area contributed by atoms with E-state index in [1.807, 2.05) is 0 Å². The van der Waals surface area contributed by atoms with Crippen molar-refractivity contribution in [2.75, 3.05) is 7.05 Å². The van der Waals surface area contributed by atoms with E-state index in [1.165, 1.54) is 7.05 Å². The summed E-state index contributed by atoms with van der Waals surface area (Å²) in [5.74, 6) is -0.197. The molecule has 0 aromatic carbocycles. The van der Waals surface area contributed by atoms with E-state index in [1.54, 1.807) is 0 Å². The zero-order chi connectivity index (χ0) is 6.57. The van der Waals surface area contributed by atoms with Crippen LogP contribution < -0.4 is 11.2 Å². The van der Waals surface area contributed by atoms with Gasteiger partial charge in [-0.15, -0.1) is 12.4 Å². The zero-order valence-electron chi connectivity index (χ0n) is 4.92. The molecule has 0 aromatic rings. The molecular weight excluding hydrogens is 144 g/mol. The molecule has 5 nitrogen and oxygen atoms in total. The maximum absolute atomic E-state index is 9.61. The van der Waals surface area contributed by atoms with Gasteiger partial charge in [0, 0.05) is 7.05 Å². The smallest absolute Gasteiger partial charge is 0.225 e. The third-order valence-corrected chi connectivity index (χ3v) is 0.608. The lowest BCUT2D eigenvalue weighted by atomic mass is 10.9. The fourth-order valence-corrected chi connectivity index (χ4v) is 0.149. The number of rotatable bonds is 2. The molecule has 0 atom stereocenters. The molecule has 0 aromatic heterocycles. The second-order valence-corrected chi connectivity index (χ2v) is 1.19. The molecule has 6 heteroatoms. The molecule has 0 aliphatic rings. The molecular formula is C3H9ClN4O. The number of nitrogens with zero attached hydrogens (tertiary/aromatic N) is 1. The first-order valence-corrected chi connectivity index (χ1v) is 1.96. The van der Waals surface area contributed by atoms with E-state index in [0.29, 0.717) is 6.41 Å². The lowest BCUT2D eigenvalue weighted by Gasteiger charge is -2.12. The molecule has 0 spiro atoms. The summed E-state index contributed by atoms with van der Waals surface area (Å²) in [5, 5.41) is 7.78. The molecule has 1 amide bonds. The van der Waals surface area contributed by atoms with E-state index >= 15 is 0 Å². The van der Waals surface area contributed by atoms with Gasteiger partial charge < -0.3 is 5.73 Å². The van der Waals surface area contributed by atoms with Gasteiger partial charge in [0.25, 0.3) is 0 Å². The normalized spacial score (nSPS) is 6.78. The summed E-state index contributed by atoms with van der Waals surface area (Å²) in [4.78, 5) is 9.61. The number of guanidine groups is 1. The summed E-state index contributed by atoms with van der Waals surface area (Å²) >= 11 is 0. The van der Waals surface area contributed by atoms with Gasteiger partial charge in [0.1, 0.15) is 0 Å². The third-order valence-electron chi connectivity index (χ3n) is 0.608. The predicted octanol–water partition coefficient (Wildman–Crippen LogP) is -1.11. The van der Waals surface area contributed by atoms with E-state index in [0.717, 1.165) is 5.01 Å². The Kier molecular flexibility index (Phi) is 6.27. The number of carbonyl (C=O) groups is 1. The quantitative estimate of drug-likeness (QED) is 0.203. The van der Waals surface area contributed by atoms with Crippen molar-refractivity contribution in [3.63, 3.8) is 0 Å². The molecule has 0 rings (SSSR count). The Bertz CT molecular complexity index is 106. The second kappa shape index (κ2) is 5.17. The Morgan fingerprint density at radius 3 is 2.44 bits per heavy atom. The highest BCUT2D eigenvalue weighted by atomic mass is 35.5. The highest BCUT2D eigenvalue weighted by Crippen LogP contribution is 1.63. The molecule has 9 heavy (non-hydrogen) atoms. The van der Waals surface area contributed by atoms with Gasteiger partial charge in [-0.25, -0.2) is 0 Å². The van der Waals surface area contributed by atoms with Gasteiger partial charge in [-0.1, -0.05) is 0 Å². The van der Waals surface area contributed by atoms with Crippen LogP contribution in [0.4, 0.5) is 0 Å². The molecule has 0 heterocycles. The molecule has 0 bridgehead atoms. The van der Waals surface area contributed by atoms with Crippen LogP contribution >= 0.6 is 12.4 Å². The maximum atomic E-state index is 9.61. The first-order valence-electron chi connectivity index (χ1n) is 1.96. The van der Waals surface area contributed by atoms with E-state index in [4.69, 9.17) is 11.1 Å². The third kappa shape index (κ3) is 4.89. The fourth-order valence-electron chi connectivity index (χ4n) is 0.149. The summed E-state index contributed by atoms with van der Waals surface area (Å²) in [6.45, 7) is 0. The van der Waals surface area contributed by atoms with Crippen LogP contribution in [0.2, 0.25) is 0 Å². The summed E-state index contributed by atoms with van der Waals surface area (Å²) in [6.07, 6.45) is 0.446. The Morgan fingerprint density at radius 1 is 1.89 bits per heavy atom. The van der Waals surface area contributed by atoms with Crippen molar-refractivity contribution in [2.24, 2.45) is 5.73 Å². The molecule has 0 unspecified atom stereocenters. The van der Waals surface area contributed by atoms with Crippen molar-refractivity contribution in [3.8, 4) is 0 Å².